The lowest BCUT2D eigenvalue weighted by atomic mass is 10.1. The van der Waals surface area contributed by atoms with Gasteiger partial charge in [0.15, 0.2) is 0 Å². The van der Waals surface area contributed by atoms with E-state index in [0.29, 0.717) is 22.8 Å². The lowest BCUT2D eigenvalue weighted by Crippen LogP contribution is -2.12. The van der Waals surface area contributed by atoms with E-state index in [1.807, 2.05) is 31.2 Å². The van der Waals surface area contributed by atoms with Crippen LogP contribution in [0.25, 0.3) is 0 Å². The second-order valence-electron chi connectivity index (χ2n) is 4.67. The Hall–Kier alpha value is -1.84. The van der Waals surface area contributed by atoms with Gasteiger partial charge in [-0.25, -0.2) is 0 Å². The molecular weight excluding hydrogens is 272 g/mol. The van der Waals surface area contributed by atoms with E-state index in [-0.39, 0.29) is 5.91 Å². The SMILES string of the molecule is Cc1ccc(Cl)c(NC(=O)c2ccc(CCN)cc2)c1. The summed E-state index contributed by atoms with van der Waals surface area (Å²) < 4.78 is 0. The summed E-state index contributed by atoms with van der Waals surface area (Å²) in [4.78, 5) is 12.2. The van der Waals surface area contributed by atoms with Crippen LogP contribution in [-0.2, 0) is 6.42 Å². The number of hydrogen-bond donors (Lipinski definition) is 2. The average Bonchev–Trinajstić information content (AvgIpc) is 2.44. The molecule has 0 radical (unpaired) electrons. The molecule has 1 amide bonds. The van der Waals surface area contributed by atoms with E-state index in [0.717, 1.165) is 17.5 Å². The molecule has 0 spiro atoms. The van der Waals surface area contributed by atoms with Crippen LogP contribution in [0.5, 0.6) is 0 Å². The van der Waals surface area contributed by atoms with Crippen LogP contribution in [0.3, 0.4) is 0 Å². The number of hydrogen-bond acceptors (Lipinski definition) is 2. The number of nitrogens with one attached hydrogen (secondary N) is 1. The zero-order valence-corrected chi connectivity index (χ0v) is 12.1. The van der Waals surface area contributed by atoms with Gasteiger partial charge < -0.3 is 11.1 Å². The predicted molar refractivity (Wildman–Crippen MR) is 83.3 cm³/mol. The first-order chi connectivity index (χ1) is 9.60. The first-order valence-electron chi connectivity index (χ1n) is 6.46. The van der Waals surface area contributed by atoms with Gasteiger partial charge in [-0.1, -0.05) is 29.8 Å². The van der Waals surface area contributed by atoms with Crippen molar-refractivity contribution in [1.82, 2.24) is 0 Å². The molecule has 0 fully saturated rings. The van der Waals surface area contributed by atoms with Crippen molar-refractivity contribution in [2.45, 2.75) is 13.3 Å². The van der Waals surface area contributed by atoms with E-state index < -0.39 is 0 Å². The molecule has 3 nitrogen and oxygen atoms in total. The van der Waals surface area contributed by atoms with Gasteiger partial charge in [-0.15, -0.1) is 0 Å². The second-order valence-corrected chi connectivity index (χ2v) is 5.08. The number of aryl methyl sites for hydroxylation is 1. The molecular formula is C16H17ClN2O. The summed E-state index contributed by atoms with van der Waals surface area (Å²) in [6.45, 7) is 2.55. The highest BCUT2D eigenvalue weighted by atomic mass is 35.5. The Labute approximate surface area is 123 Å². The van der Waals surface area contributed by atoms with E-state index in [4.69, 9.17) is 17.3 Å². The predicted octanol–water partition coefficient (Wildman–Crippen LogP) is 3.40. The molecule has 0 aromatic heterocycles. The van der Waals surface area contributed by atoms with Gasteiger partial charge in [0.1, 0.15) is 0 Å². The third-order valence-electron chi connectivity index (χ3n) is 3.02. The van der Waals surface area contributed by atoms with Gasteiger partial charge in [-0.05, 0) is 55.3 Å². The monoisotopic (exact) mass is 288 g/mol. The van der Waals surface area contributed by atoms with Crippen LogP contribution < -0.4 is 11.1 Å². The Morgan fingerprint density at radius 3 is 2.55 bits per heavy atom. The number of anilines is 1. The van der Waals surface area contributed by atoms with Crippen molar-refractivity contribution in [3.05, 3.63) is 64.2 Å². The van der Waals surface area contributed by atoms with Crippen LogP contribution in [0.2, 0.25) is 5.02 Å². The Morgan fingerprint density at radius 1 is 1.20 bits per heavy atom. The lowest BCUT2D eigenvalue weighted by molar-refractivity contribution is 0.102. The fourth-order valence-electron chi connectivity index (χ4n) is 1.92. The molecule has 0 atom stereocenters. The second kappa shape index (κ2) is 6.55. The van der Waals surface area contributed by atoms with Gasteiger partial charge in [0.2, 0.25) is 0 Å². The number of benzene rings is 2. The van der Waals surface area contributed by atoms with E-state index >= 15 is 0 Å². The van der Waals surface area contributed by atoms with Gasteiger partial charge in [0.05, 0.1) is 10.7 Å². The van der Waals surface area contributed by atoms with Gasteiger partial charge in [0.25, 0.3) is 5.91 Å². The molecule has 2 aromatic carbocycles. The summed E-state index contributed by atoms with van der Waals surface area (Å²) in [5, 5.41) is 3.35. The summed E-state index contributed by atoms with van der Waals surface area (Å²) in [7, 11) is 0. The molecule has 4 heteroatoms. The standard InChI is InChI=1S/C16H17ClN2O/c1-11-2-7-14(17)15(10-11)19-16(20)13-5-3-12(4-6-13)8-9-18/h2-7,10H,8-9,18H2,1H3,(H,19,20). The van der Waals surface area contributed by atoms with Crippen molar-refractivity contribution in [3.8, 4) is 0 Å². The van der Waals surface area contributed by atoms with Crippen LogP contribution >= 0.6 is 11.6 Å². The van der Waals surface area contributed by atoms with E-state index in [2.05, 4.69) is 5.32 Å². The number of carbonyl (C=O) groups is 1. The Kier molecular flexibility index (Phi) is 4.77. The number of nitrogens with two attached hydrogens (primary N) is 1. The quantitative estimate of drug-likeness (QED) is 0.906. The van der Waals surface area contributed by atoms with Crippen molar-refractivity contribution in [3.63, 3.8) is 0 Å². The zero-order valence-electron chi connectivity index (χ0n) is 11.3. The maximum Gasteiger partial charge on any atom is 0.255 e. The zero-order chi connectivity index (χ0) is 14.5. The van der Waals surface area contributed by atoms with Gasteiger partial charge in [-0.2, -0.15) is 0 Å². The van der Waals surface area contributed by atoms with Crippen LogP contribution in [-0.4, -0.2) is 12.5 Å². The Balaban J connectivity index is 2.13. The van der Waals surface area contributed by atoms with Crippen LogP contribution in [0.15, 0.2) is 42.5 Å². The molecule has 20 heavy (non-hydrogen) atoms. The van der Waals surface area contributed by atoms with Crippen molar-refractivity contribution < 1.29 is 4.79 Å². The van der Waals surface area contributed by atoms with Crippen LogP contribution in [0.1, 0.15) is 21.5 Å². The first-order valence-corrected chi connectivity index (χ1v) is 6.84. The summed E-state index contributed by atoms with van der Waals surface area (Å²) in [6, 6.07) is 13.0. The van der Waals surface area contributed by atoms with Gasteiger partial charge in [-0.3, -0.25) is 4.79 Å². The molecule has 0 unspecified atom stereocenters. The molecule has 0 aliphatic rings. The van der Waals surface area contributed by atoms with Crippen molar-refractivity contribution in [2.75, 3.05) is 11.9 Å². The molecule has 0 heterocycles. The summed E-state index contributed by atoms with van der Waals surface area (Å²) in [6.07, 6.45) is 0.811. The Morgan fingerprint density at radius 2 is 1.90 bits per heavy atom. The van der Waals surface area contributed by atoms with Gasteiger partial charge >= 0.3 is 0 Å². The first kappa shape index (κ1) is 14.6. The fraction of sp³-hybridized carbons (Fsp3) is 0.188. The maximum absolute atomic E-state index is 12.2. The minimum absolute atomic E-state index is 0.170. The number of rotatable bonds is 4. The smallest absolute Gasteiger partial charge is 0.255 e. The van der Waals surface area contributed by atoms with Crippen molar-refractivity contribution in [2.24, 2.45) is 5.73 Å². The topological polar surface area (TPSA) is 55.1 Å². The molecule has 0 bridgehead atoms. The summed E-state index contributed by atoms with van der Waals surface area (Å²) in [5.74, 6) is -0.170. The van der Waals surface area contributed by atoms with Crippen LogP contribution in [0.4, 0.5) is 5.69 Å². The van der Waals surface area contributed by atoms with Crippen LogP contribution in [0, 0.1) is 6.92 Å². The summed E-state index contributed by atoms with van der Waals surface area (Å²) >= 11 is 6.07. The maximum atomic E-state index is 12.2. The lowest BCUT2D eigenvalue weighted by Gasteiger charge is -2.08. The molecule has 0 aliphatic heterocycles. The molecule has 0 aliphatic carbocycles. The molecule has 0 saturated carbocycles. The average molecular weight is 289 g/mol. The highest BCUT2D eigenvalue weighted by Gasteiger charge is 2.08. The third-order valence-corrected chi connectivity index (χ3v) is 3.35. The molecule has 2 aromatic rings. The largest absolute Gasteiger partial charge is 0.330 e. The fourth-order valence-corrected chi connectivity index (χ4v) is 2.08. The van der Waals surface area contributed by atoms with E-state index in [9.17, 15) is 4.79 Å². The Bertz CT molecular complexity index is 608. The minimum Gasteiger partial charge on any atom is -0.330 e. The molecule has 3 N–H and O–H groups in total. The number of carbonyl (C=O) groups excluding carboxylic acids is 1. The highest BCUT2D eigenvalue weighted by Crippen LogP contribution is 2.23. The number of halogens is 1. The van der Waals surface area contributed by atoms with Crippen molar-refractivity contribution >= 4 is 23.2 Å². The highest BCUT2D eigenvalue weighted by molar-refractivity contribution is 6.33. The van der Waals surface area contributed by atoms with Crippen molar-refractivity contribution in [1.29, 1.82) is 0 Å². The van der Waals surface area contributed by atoms with E-state index in [1.165, 1.54) is 0 Å². The minimum atomic E-state index is -0.170. The molecule has 104 valence electrons. The van der Waals surface area contributed by atoms with Gasteiger partial charge in [0, 0.05) is 5.56 Å². The van der Waals surface area contributed by atoms with E-state index in [1.54, 1.807) is 18.2 Å². The normalized spacial score (nSPS) is 10.3. The molecule has 0 saturated heterocycles. The third kappa shape index (κ3) is 3.59. The summed E-state index contributed by atoms with van der Waals surface area (Å²) in [5.41, 5.74) is 8.89. The number of amides is 1. The molecule has 2 rings (SSSR count).